The number of hydrogen-bond acceptors (Lipinski definition) is 13. The minimum absolute atomic E-state index is 0.113. The van der Waals surface area contributed by atoms with Crippen molar-refractivity contribution in [1.29, 1.82) is 0 Å². The predicted molar refractivity (Wildman–Crippen MR) is 361 cm³/mol. The van der Waals surface area contributed by atoms with Gasteiger partial charge in [-0.25, -0.2) is 9.59 Å². The zero-order valence-electron chi connectivity index (χ0n) is 52.2. The number of carbonyl (C=O) groups is 5. The molecule has 3 fully saturated rings. The van der Waals surface area contributed by atoms with Gasteiger partial charge in [0.1, 0.15) is 5.60 Å². The number of nitrogens with two attached hydrogens (primary N) is 1. The average molecular weight is 1270 g/mol. The van der Waals surface area contributed by atoms with E-state index in [1.54, 1.807) is 47.4 Å². The van der Waals surface area contributed by atoms with Crippen molar-refractivity contribution in [2.45, 2.75) is 97.2 Å². The number of carboxylic acids is 1. The zero-order chi connectivity index (χ0) is 64.3. The maximum atomic E-state index is 12.9. The van der Waals surface area contributed by atoms with Crippen molar-refractivity contribution >= 4 is 81.4 Å². The third-order valence-electron chi connectivity index (χ3n) is 17.2. The number of aromatic carboxylic acids is 1. The Morgan fingerprint density at radius 1 is 0.527 bits per heavy atom. The summed E-state index contributed by atoms with van der Waals surface area (Å²) in [5.41, 5.74) is 13.7. The molecular weight excluding hydrogens is 1190 g/mol. The minimum Gasteiger partial charge on any atom is -0.478 e. The van der Waals surface area contributed by atoms with Gasteiger partial charge in [0.15, 0.2) is 0 Å². The first kappa shape index (κ1) is 66.8. The normalized spacial score (nSPS) is 15.9. The van der Waals surface area contributed by atoms with E-state index >= 15 is 0 Å². The molecule has 5 N–H and O–H groups in total. The Hall–Kier alpha value is -8.58. The van der Waals surface area contributed by atoms with Gasteiger partial charge in [0.25, 0.3) is 17.7 Å². The number of hydrogen-bond donors (Lipinski definition) is 4. The van der Waals surface area contributed by atoms with Gasteiger partial charge in [-0.1, -0.05) is 59.6 Å². The number of amides is 4. The molecule has 3 aromatic heterocycles. The quantitative estimate of drug-likeness (QED) is 0.0751. The van der Waals surface area contributed by atoms with Gasteiger partial charge in [0.2, 0.25) is 0 Å². The molecule has 4 aromatic carbocycles. The molecule has 18 nitrogen and oxygen atoms in total. The highest BCUT2D eigenvalue weighted by Gasteiger charge is 2.33. The second-order valence-electron chi connectivity index (χ2n) is 24.5. The summed E-state index contributed by atoms with van der Waals surface area (Å²) in [4.78, 5) is 83.3. The van der Waals surface area contributed by atoms with Crippen molar-refractivity contribution in [2.75, 3.05) is 83.4 Å². The van der Waals surface area contributed by atoms with Crippen molar-refractivity contribution in [2.24, 2.45) is 23.5 Å². The smallest absolute Gasteiger partial charge is 0.407 e. The minimum atomic E-state index is -1.02. The number of carboxylic acid groups (broad SMARTS) is 1. The van der Waals surface area contributed by atoms with Gasteiger partial charge in [0.05, 0.1) is 39.8 Å². The van der Waals surface area contributed by atoms with Crippen LogP contribution in [-0.4, -0.2) is 114 Å². The third-order valence-corrected chi connectivity index (χ3v) is 17.8. The lowest BCUT2D eigenvalue weighted by atomic mass is 9.93. The Kier molecular flexibility index (Phi) is 23.8. The van der Waals surface area contributed by atoms with Crippen LogP contribution in [0.1, 0.15) is 131 Å². The van der Waals surface area contributed by atoms with E-state index < -0.39 is 11.6 Å². The van der Waals surface area contributed by atoms with E-state index in [-0.39, 0.29) is 29.4 Å². The molecule has 12 rings (SSSR count). The number of nitrogens with zero attached hydrogens (tertiary/aromatic N) is 8. The summed E-state index contributed by atoms with van der Waals surface area (Å²) in [6.07, 6.45) is 21.0. The molecule has 4 amide bonds. The Balaban J connectivity index is 0.000000151. The first-order chi connectivity index (χ1) is 44.0. The predicted octanol–water partition coefficient (Wildman–Crippen LogP) is 13.0. The van der Waals surface area contributed by atoms with Gasteiger partial charge in [-0.05, 0) is 199 Å². The number of fused-ring (bicyclic) bond motifs is 2. The van der Waals surface area contributed by atoms with Crippen molar-refractivity contribution in [3.63, 3.8) is 0 Å². The van der Waals surface area contributed by atoms with Gasteiger partial charge < -0.3 is 50.7 Å². The zero-order valence-corrected chi connectivity index (χ0v) is 53.7. The molecule has 0 aliphatic carbocycles. The summed E-state index contributed by atoms with van der Waals surface area (Å²) < 4.78 is 5.24. The summed E-state index contributed by atoms with van der Waals surface area (Å²) in [5.74, 6) is 0.660. The lowest BCUT2D eigenvalue weighted by molar-refractivity contribution is 0.0523. The lowest BCUT2D eigenvalue weighted by Crippen LogP contribution is -2.36. The summed E-state index contributed by atoms with van der Waals surface area (Å²) in [6.45, 7) is 15.2. The molecule has 20 heteroatoms. The molecule has 0 atom stereocenters. The summed E-state index contributed by atoms with van der Waals surface area (Å²) in [6, 6.07) is 36.8. The standard InChI is InChI=1S/C27H27ClN4O2.C17H27N3O2.C15H10ClNO3.C12H19N3/c28-24-6-2-4-21-18-32(27(34)25(21)24)23-5-1-3-20(17-23)26(33)30-14-7-19-10-15-31(16-11-19)22-8-12-29-13-9-22;1-17(2,3)22-16(21)19-11-4-14-7-12-20(13-8-14)15-5-9-18-10-6-15;16-12-6-2-4-10-8-17(14(18)13(10)12)11-5-1-3-9(7-11)15(19)20;13-6-1-11-4-9-15(10-5-11)12-2-7-14-8-3-12/h1-6,8-9,12-13,17,19H,7,10-11,14-16,18H2,(H,30,33);5-6,9-10,14H,4,7-8,11-13H2,1-3H3,(H,19,21);1-7H,8H2,(H,19,20);2-3,7-8,11H,1,4-6,9-10,13H2. The van der Waals surface area contributed by atoms with Crippen LogP contribution in [0.15, 0.2) is 159 Å². The molecule has 3 saturated heterocycles. The van der Waals surface area contributed by atoms with Gasteiger partial charge in [-0.2, -0.15) is 0 Å². The van der Waals surface area contributed by atoms with Crippen LogP contribution in [0, 0.1) is 17.8 Å². The van der Waals surface area contributed by atoms with Gasteiger partial charge in [-0.3, -0.25) is 29.3 Å². The topological polar surface area (TPSA) is 220 Å². The van der Waals surface area contributed by atoms with Crippen LogP contribution >= 0.6 is 23.2 Å². The summed E-state index contributed by atoms with van der Waals surface area (Å²) in [7, 11) is 0. The van der Waals surface area contributed by atoms with E-state index in [0.717, 1.165) is 88.5 Å². The molecule has 8 heterocycles. The molecule has 478 valence electrons. The van der Waals surface area contributed by atoms with Crippen molar-refractivity contribution in [3.8, 4) is 0 Å². The largest absolute Gasteiger partial charge is 0.478 e. The van der Waals surface area contributed by atoms with E-state index in [2.05, 4.69) is 76.7 Å². The van der Waals surface area contributed by atoms with E-state index in [0.29, 0.717) is 76.1 Å². The maximum absolute atomic E-state index is 12.9. The number of ether oxygens (including phenoxy) is 1. The number of carbonyl (C=O) groups excluding carboxylic acids is 4. The third kappa shape index (κ3) is 18.8. The average Bonchev–Trinajstić information content (AvgIpc) is 1.69. The molecule has 0 saturated carbocycles. The molecule has 91 heavy (non-hydrogen) atoms. The number of rotatable bonds is 15. The van der Waals surface area contributed by atoms with E-state index in [1.165, 1.54) is 66.2 Å². The molecule has 5 aliphatic heterocycles. The van der Waals surface area contributed by atoms with E-state index in [1.807, 2.05) is 88.3 Å². The maximum Gasteiger partial charge on any atom is 0.407 e. The Morgan fingerprint density at radius 3 is 1.29 bits per heavy atom. The van der Waals surface area contributed by atoms with Gasteiger partial charge in [-0.15, -0.1) is 0 Å². The first-order valence-electron chi connectivity index (χ1n) is 31.5. The summed E-state index contributed by atoms with van der Waals surface area (Å²) >= 11 is 12.3. The number of alkyl carbamates (subject to hydrolysis) is 1. The fourth-order valence-electron chi connectivity index (χ4n) is 12.2. The lowest BCUT2D eigenvalue weighted by Gasteiger charge is -2.33. The van der Waals surface area contributed by atoms with Gasteiger partial charge >= 0.3 is 12.1 Å². The fourth-order valence-corrected chi connectivity index (χ4v) is 12.7. The van der Waals surface area contributed by atoms with Crippen LogP contribution in [0.4, 0.5) is 33.2 Å². The molecule has 0 unspecified atom stereocenters. The van der Waals surface area contributed by atoms with Crippen molar-refractivity contribution in [3.05, 3.63) is 202 Å². The molecule has 0 radical (unpaired) electrons. The summed E-state index contributed by atoms with van der Waals surface area (Å²) in [5, 5.41) is 15.8. The highest BCUT2D eigenvalue weighted by atomic mass is 35.5. The van der Waals surface area contributed by atoms with Crippen LogP contribution in [0.5, 0.6) is 0 Å². The Labute approximate surface area is 544 Å². The molecular formula is C71H83Cl2N11O7. The monoisotopic (exact) mass is 1270 g/mol. The van der Waals surface area contributed by atoms with Crippen LogP contribution < -0.4 is 40.9 Å². The van der Waals surface area contributed by atoms with Crippen LogP contribution in [0.25, 0.3) is 0 Å². The molecule has 0 bridgehead atoms. The van der Waals surface area contributed by atoms with Crippen LogP contribution in [-0.2, 0) is 17.8 Å². The second-order valence-corrected chi connectivity index (χ2v) is 25.3. The van der Waals surface area contributed by atoms with E-state index in [9.17, 15) is 24.0 Å². The Morgan fingerprint density at radius 2 is 0.901 bits per heavy atom. The number of anilines is 5. The highest BCUT2D eigenvalue weighted by molar-refractivity contribution is 6.36. The highest BCUT2D eigenvalue weighted by Crippen LogP contribution is 2.35. The molecule has 0 spiro atoms. The van der Waals surface area contributed by atoms with Crippen LogP contribution in [0.2, 0.25) is 10.0 Å². The molecule has 5 aliphatic rings. The van der Waals surface area contributed by atoms with Gasteiger partial charge in [0, 0.05) is 124 Å². The fraction of sp³-hybridized carbons (Fsp3) is 0.380. The van der Waals surface area contributed by atoms with Crippen LogP contribution in [0.3, 0.4) is 0 Å². The number of halogens is 2. The van der Waals surface area contributed by atoms with Crippen molar-refractivity contribution < 1.29 is 33.8 Å². The SMILES string of the molecule is CC(C)(C)OC(=O)NCCC1CCN(c2ccncc2)CC1.NCCC1CCN(c2ccncc2)CC1.O=C(NCCC1CCN(c2ccncc2)CC1)c1cccc(N2Cc3cccc(Cl)c3C2=O)c1.O=C(O)c1cccc(N2Cc3cccc(Cl)c3C2=O)c1. The number of aromatic nitrogens is 3. The molecule has 7 aromatic rings. The van der Waals surface area contributed by atoms with E-state index in [4.69, 9.17) is 38.8 Å². The second kappa shape index (κ2) is 32.4. The number of benzene rings is 4. The number of pyridine rings is 3. The number of piperidine rings is 3. The first-order valence-corrected chi connectivity index (χ1v) is 32.3. The van der Waals surface area contributed by atoms with Crippen molar-refractivity contribution in [1.82, 2.24) is 25.6 Å². The Bertz CT molecular complexity index is 3540. The number of nitrogens with one attached hydrogen (secondary N) is 2.